The normalized spacial score (nSPS) is 15.6. The number of anilines is 3. The topological polar surface area (TPSA) is 16.4 Å². The third-order valence-electron chi connectivity index (χ3n) is 15.1. The van der Waals surface area contributed by atoms with Gasteiger partial charge in [0.05, 0.1) is 16.8 Å². The zero-order valence-corrected chi connectivity index (χ0v) is 36.7. The van der Waals surface area contributed by atoms with Crippen molar-refractivity contribution in [1.82, 2.24) is 0 Å². The van der Waals surface area contributed by atoms with E-state index in [0.29, 0.717) is 0 Å². The molecule has 0 fully saturated rings. The maximum absolute atomic E-state index is 6.78. The van der Waals surface area contributed by atoms with E-state index in [1.807, 2.05) is 0 Å². The molecule has 1 heterocycles. The van der Waals surface area contributed by atoms with E-state index >= 15 is 0 Å². The van der Waals surface area contributed by atoms with Crippen LogP contribution in [0, 0.1) is 0 Å². The molecule has 310 valence electrons. The number of hydrogen-bond acceptors (Lipinski definition) is 2. The van der Waals surface area contributed by atoms with E-state index in [-0.39, 0.29) is 5.41 Å². The van der Waals surface area contributed by atoms with Gasteiger partial charge in [-0.1, -0.05) is 202 Å². The first-order chi connectivity index (χ1) is 32.5. The summed E-state index contributed by atoms with van der Waals surface area (Å²) in [5.74, 6) is 0. The van der Waals surface area contributed by atoms with Crippen molar-refractivity contribution < 1.29 is 4.42 Å². The highest BCUT2D eigenvalue weighted by Gasteiger charge is 2.52. The molecular formula is C64H43NO. The summed E-state index contributed by atoms with van der Waals surface area (Å²) in [4.78, 5) is 2.55. The second-order valence-corrected chi connectivity index (χ2v) is 18.7. The van der Waals surface area contributed by atoms with Crippen molar-refractivity contribution in [3.63, 3.8) is 0 Å². The predicted octanol–water partition coefficient (Wildman–Crippen LogP) is 17.0. The van der Waals surface area contributed by atoms with Crippen LogP contribution < -0.4 is 4.90 Å². The lowest BCUT2D eigenvalue weighted by molar-refractivity contribution is 0.660. The summed E-state index contributed by atoms with van der Waals surface area (Å²) in [6.07, 6.45) is 0. The lowest BCUT2D eigenvalue weighted by Crippen LogP contribution is -2.26. The highest BCUT2D eigenvalue weighted by Crippen LogP contribution is 2.65. The molecule has 1 unspecified atom stereocenters. The van der Waals surface area contributed by atoms with Crippen LogP contribution in [0.1, 0.15) is 47.2 Å². The molecule has 10 aromatic carbocycles. The highest BCUT2D eigenvalue weighted by atomic mass is 16.3. The van der Waals surface area contributed by atoms with Crippen LogP contribution in [0.25, 0.3) is 77.6 Å². The molecule has 11 aromatic rings. The molecule has 0 saturated carbocycles. The number of benzene rings is 10. The number of para-hydroxylation sites is 3. The van der Waals surface area contributed by atoms with Gasteiger partial charge in [0, 0.05) is 38.6 Å². The van der Waals surface area contributed by atoms with Gasteiger partial charge < -0.3 is 9.32 Å². The summed E-state index contributed by atoms with van der Waals surface area (Å²) < 4.78 is 6.78. The fourth-order valence-electron chi connectivity index (χ4n) is 12.3. The summed E-state index contributed by atoms with van der Waals surface area (Å²) in [7, 11) is 0. The first-order valence-corrected chi connectivity index (χ1v) is 23.1. The molecule has 0 N–H and O–H groups in total. The van der Waals surface area contributed by atoms with Crippen LogP contribution in [-0.4, -0.2) is 0 Å². The molecular weight excluding hydrogens is 799 g/mol. The number of nitrogens with zero attached hydrogens (tertiary/aromatic N) is 1. The Morgan fingerprint density at radius 3 is 1.74 bits per heavy atom. The van der Waals surface area contributed by atoms with Crippen LogP contribution in [0.5, 0.6) is 0 Å². The first-order valence-electron chi connectivity index (χ1n) is 23.1. The maximum atomic E-state index is 6.78. The largest absolute Gasteiger partial charge is 0.455 e. The van der Waals surface area contributed by atoms with E-state index in [1.54, 1.807) is 0 Å². The third kappa shape index (κ3) is 4.91. The molecule has 0 bridgehead atoms. The van der Waals surface area contributed by atoms with Crippen molar-refractivity contribution in [2.75, 3.05) is 4.90 Å². The second kappa shape index (κ2) is 13.7. The van der Waals surface area contributed by atoms with Crippen molar-refractivity contribution >= 4 is 39.0 Å². The van der Waals surface area contributed by atoms with Gasteiger partial charge in [0.25, 0.3) is 0 Å². The van der Waals surface area contributed by atoms with Gasteiger partial charge in [-0.15, -0.1) is 0 Å². The van der Waals surface area contributed by atoms with Crippen LogP contribution in [0.4, 0.5) is 17.1 Å². The molecule has 0 amide bonds. The number of hydrogen-bond donors (Lipinski definition) is 0. The fraction of sp³-hybridized carbons (Fsp3) is 0.0625. The third-order valence-corrected chi connectivity index (χ3v) is 15.1. The molecule has 2 nitrogen and oxygen atoms in total. The summed E-state index contributed by atoms with van der Waals surface area (Å²) in [6, 6.07) is 83.3. The molecule has 14 rings (SSSR count). The molecule has 66 heavy (non-hydrogen) atoms. The van der Waals surface area contributed by atoms with Crippen molar-refractivity contribution in [2.45, 2.75) is 24.7 Å². The Morgan fingerprint density at radius 2 is 0.909 bits per heavy atom. The average Bonchev–Trinajstić information content (AvgIpc) is 4.07. The van der Waals surface area contributed by atoms with E-state index in [9.17, 15) is 0 Å². The standard InChI is InChI=1S/C64H43NO/c1-63(2)52-27-11-6-20-43(52)45-37-35-42(39-56(45)63)65(58-31-14-9-22-47(58)49-25-16-26-50-48-23-10-15-33-60(48)66-62(49)50)59-32-17-30-55-61(59)51-24-8-13-29-54(51)64(55)53-28-12-7-21-44(53)46-36-34-41(38-57(46)64)40-18-4-3-5-19-40/h3-39H,1-2H3. The van der Waals surface area contributed by atoms with E-state index in [4.69, 9.17) is 4.42 Å². The SMILES string of the molecule is CC1(C)c2ccccc2-c2ccc(N(c3ccccc3-c3cccc4c3oc3ccccc34)c3cccc4c3-c3ccccc3C43c4ccccc4-c4ccc(-c5ccccc5)cc43)cc21. The Bertz CT molecular complexity index is 3810. The molecule has 2 heteroatoms. The van der Waals surface area contributed by atoms with Crippen LogP contribution in [0.15, 0.2) is 229 Å². The molecule has 1 aromatic heterocycles. The van der Waals surface area contributed by atoms with E-state index in [2.05, 4.69) is 243 Å². The van der Waals surface area contributed by atoms with Crippen molar-refractivity contribution in [3.05, 3.63) is 258 Å². The Hall–Kier alpha value is -8.20. The van der Waals surface area contributed by atoms with Crippen LogP contribution in [-0.2, 0) is 10.8 Å². The molecule has 3 aliphatic rings. The minimum absolute atomic E-state index is 0.185. The molecule has 0 saturated heterocycles. The Balaban J connectivity index is 1.07. The van der Waals surface area contributed by atoms with Gasteiger partial charge in [0.1, 0.15) is 11.2 Å². The van der Waals surface area contributed by atoms with Crippen LogP contribution in [0.3, 0.4) is 0 Å². The summed E-state index contributed by atoms with van der Waals surface area (Å²) in [6.45, 7) is 4.75. The monoisotopic (exact) mass is 841 g/mol. The van der Waals surface area contributed by atoms with Gasteiger partial charge in [-0.05, 0) is 109 Å². The Morgan fingerprint density at radius 1 is 0.348 bits per heavy atom. The molecule has 3 aliphatic carbocycles. The van der Waals surface area contributed by atoms with Gasteiger partial charge in [-0.2, -0.15) is 0 Å². The number of rotatable bonds is 5. The van der Waals surface area contributed by atoms with Crippen LogP contribution in [0.2, 0.25) is 0 Å². The Kier molecular flexibility index (Phi) is 7.70. The van der Waals surface area contributed by atoms with Gasteiger partial charge in [0.15, 0.2) is 0 Å². The zero-order valence-electron chi connectivity index (χ0n) is 36.7. The van der Waals surface area contributed by atoms with Crippen LogP contribution >= 0.6 is 0 Å². The lowest BCUT2D eigenvalue weighted by atomic mass is 9.70. The predicted molar refractivity (Wildman–Crippen MR) is 273 cm³/mol. The number of furan rings is 1. The van der Waals surface area contributed by atoms with Gasteiger partial charge in [-0.25, -0.2) is 0 Å². The van der Waals surface area contributed by atoms with Crippen molar-refractivity contribution in [1.29, 1.82) is 0 Å². The smallest absolute Gasteiger partial charge is 0.143 e. The zero-order chi connectivity index (χ0) is 43.7. The van der Waals surface area contributed by atoms with Crippen molar-refractivity contribution in [3.8, 4) is 55.6 Å². The molecule has 0 radical (unpaired) electrons. The second-order valence-electron chi connectivity index (χ2n) is 18.7. The summed E-state index contributed by atoms with van der Waals surface area (Å²) >= 11 is 0. The van der Waals surface area contributed by atoms with Gasteiger partial charge >= 0.3 is 0 Å². The first kappa shape index (κ1) is 37.2. The fourth-order valence-corrected chi connectivity index (χ4v) is 12.3. The summed E-state index contributed by atoms with van der Waals surface area (Å²) in [5.41, 5.74) is 24.7. The van der Waals surface area contributed by atoms with Gasteiger partial charge in [-0.3, -0.25) is 0 Å². The highest BCUT2D eigenvalue weighted by molar-refractivity contribution is 6.11. The Labute approximate surface area is 384 Å². The molecule has 1 atom stereocenters. The minimum atomic E-state index is -0.536. The van der Waals surface area contributed by atoms with Gasteiger partial charge in [0.2, 0.25) is 0 Å². The quantitative estimate of drug-likeness (QED) is 0.172. The molecule has 1 spiro atoms. The summed E-state index contributed by atoms with van der Waals surface area (Å²) in [5, 5.41) is 2.24. The number of fused-ring (bicyclic) bond motifs is 16. The van der Waals surface area contributed by atoms with Crippen molar-refractivity contribution in [2.24, 2.45) is 0 Å². The lowest BCUT2D eigenvalue weighted by Gasteiger charge is -2.33. The maximum Gasteiger partial charge on any atom is 0.143 e. The average molecular weight is 842 g/mol. The van der Waals surface area contributed by atoms with E-state index in [0.717, 1.165) is 50.1 Å². The van der Waals surface area contributed by atoms with E-state index < -0.39 is 5.41 Å². The van der Waals surface area contributed by atoms with E-state index in [1.165, 1.54) is 77.9 Å². The molecule has 0 aliphatic heterocycles. The minimum Gasteiger partial charge on any atom is -0.455 e.